The van der Waals surface area contributed by atoms with Crippen molar-refractivity contribution in [3.8, 4) is 11.1 Å². The van der Waals surface area contributed by atoms with Crippen molar-refractivity contribution in [2.45, 2.75) is 32.0 Å². The third kappa shape index (κ3) is 4.48. The van der Waals surface area contributed by atoms with E-state index >= 15 is 0 Å². The van der Waals surface area contributed by atoms with E-state index in [0.29, 0.717) is 0 Å². The van der Waals surface area contributed by atoms with E-state index < -0.39 is 24.5 Å². The first-order valence-corrected chi connectivity index (χ1v) is 7.76. The maximum Gasteiger partial charge on any atom is 0.177 e. The van der Waals surface area contributed by atoms with Gasteiger partial charge in [-0.3, -0.25) is 10.1 Å². The number of aliphatic hydroxyl groups is 2. The minimum absolute atomic E-state index is 0.116. The molecule has 0 saturated heterocycles. The number of benzene rings is 2. The van der Waals surface area contributed by atoms with E-state index in [9.17, 15) is 9.90 Å². The SMILES string of the molecule is CC(N[C@H](C(=O)CO)[C@@H](C)O)c1ccc(-c2ccccc2)cc1. The van der Waals surface area contributed by atoms with Crippen molar-refractivity contribution in [2.75, 3.05) is 6.61 Å². The van der Waals surface area contributed by atoms with Crippen molar-refractivity contribution in [2.24, 2.45) is 0 Å². The van der Waals surface area contributed by atoms with Gasteiger partial charge in [0.1, 0.15) is 6.61 Å². The summed E-state index contributed by atoms with van der Waals surface area (Å²) in [5, 5.41) is 21.8. The van der Waals surface area contributed by atoms with Gasteiger partial charge in [-0.2, -0.15) is 0 Å². The zero-order valence-corrected chi connectivity index (χ0v) is 13.4. The summed E-state index contributed by atoms with van der Waals surface area (Å²) >= 11 is 0. The van der Waals surface area contributed by atoms with Gasteiger partial charge in [0.25, 0.3) is 0 Å². The molecule has 2 rings (SSSR count). The summed E-state index contributed by atoms with van der Waals surface area (Å²) in [6.45, 7) is 2.89. The molecule has 0 fully saturated rings. The van der Waals surface area contributed by atoms with Crippen LogP contribution in [0.2, 0.25) is 0 Å². The van der Waals surface area contributed by atoms with E-state index in [1.165, 1.54) is 6.92 Å². The number of rotatable bonds is 7. The smallest absolute Gasteiger partial charge is 0.177 e. The van der Waals surface area contributed by atoms with E-state index in [1.54, 1.807) is 0 Å². The van der Waals surface area contributed by atoms with Crippen LogP contribution in [0.25, 0.3) is 11.1 Å². The molecule has 0 heterocycles. The van der Waals surface area contributed by atoms with Crippen LogP contribution in [0.15, 0.2) is 54.6 Å². The second-order valence-corrected chi connectivity index (χ2v) is 5.72. The minimum Gasteiger partial charge on any atom is -0.391 e. The highest BCUT2D eigenvalue weighted by atomic mass is 16.3. The van der Waals surface area contributed by atoms with Crippen LogP contribution in [0.3, 0.4) is 0 Å². The Bertz CT molecular complexity index is 623. The van der Waals surface area contributed by atoms with Crippen LogP contribution in [0, 0.1) is 0 Å². The molecule has 2 aromatic carbocycles. The van der Waals surface area contributed by atoms with E-state index in [4.69, 9.17) is 5.11 Å². The summed E-state index contributed by atoms with van der Waals surface area (Å²) in [6, 6.07) is 17.3. The number of carbonyl (C=O) groups excluding carboxylic acids is 1. The molecule has 122 valence electrons. The lowest BCUT2D eigenvalue weighted by atomic mass is 10.00. The number of Topliss-reactive ketones (excluding diaryl/α,β-unsaturated/α-hetero) is 1. The number of hydrogen-bond donors (Lipinski definition) is 3. The van der Waals surface area contributed by atoms with Gasteiger partial charge in [-0.15, -0.1) is 0 Å². The Hall–Kier alpha value is -2.01. The van der Waals surface area contributed by atoms with Gasteiger partial charge >= 0.3 is 0 Å². The predicted molar refractivity (Wildman–Crippen MR) is 91.0 cm³/mol. The van der Waals surface area contributed by atoms with Crippen molar-refractivity contribution in [1.82, 2.24) is 5.32 Å². The van der Waals surface area contributed by atoms with Crippen LogP contribution in [0.1, 0.15) is 25.5 Å². The van der Waals surface area contributed by atoms with Crippen LogP contribution in [0.4, 0.5) is 0 Å². The summed E-state index contributed by atoms with van der Waals surface area (Å²) in [5.74, 6) is -0.409. The van der Waals surface area contributed by atoms with Gasteiger partial charge in [0.05, 0.1) is 12.1 Å². The molecular formula is C19H23NO3. The molecule has 0 saturated carbocycles. The lowest BCUT2D eigenvalue weighted by Gasteiger charge is -2.24. The average molecular weight is 313 g/mol. The fourth-order valence-electron chi connectivity index (χ4n) is 2.56. The Morgan fingerprint density at radius 1 is 1.00 bits per heavy atom. The van der Waals surface area contributed by atoms with Gasteiger partial charge in [-0.05, 0) is 30.5 Å². The number of ketones is 1. The van der Waals surface area contributed by atoms with Crippen molar-refractivity contribution in [3.63, 3.8) is 0 Å². The number of carbonyl (C=O) groups is 1. The summed E-state index contributed by atoms with van der Waals surface area (Å²) in [6.07, 6.45) is -0.860. The third-order valence-corrected chi connectivity index (χ3v) is 3.93. The minimum atomic E-state index is -0.860. The molecule has 4 heteroatoms. The molecule has 0 aliphatic rings. The Morgan fingerprint density at radius 2 is 1.57 bits per heavy atom. The lowest BCUT2D eigenvalue weighted by Crippen LogP contribution is -2.47. The standard InChI is InChI=1S/C19H23NO3/c1-13(20-19(14(2)22)18(23)12-21)15-8-10-17(11-9-15)16-6-4-3-5-7-16/h3-11,13-14,19-22H,12H2,1-2H3/t13?,14-,19+/m1/s1. The summed E-state index contributed by atoms with van der Waals surface area (Å²) in [7, 11) is 0. The van der Waals surface area contributed by atoms with Crippen LogP contribution >= 0.6 is 0 Å². The van der Waals surface area contributed by atoms with Crippen molar-refractivity contribution >= 4 is 5.78 Å². The van der Waals surface area contributed by atoms with Crippen molar-refractivity contribution < 1.29 is 15.0 Å². The highest BCUT2D eigenvalue weighted by Gasteiger charge is 2.24. The maximum absolute atomic E-state index is 11.7. The molecule has 0 aromatic heterocycles. The highest BCUT2D eigenvalue weighted by molar-refractivity contribution is 5.85. The molecule has 0 spiro atoms. The number of nitrogens with one attached hydrogen (secondary N) is 1. The predicted octanol–water partition coefficient (Wildman–Crippen LogP) is 2.32. The molecule has 0 radical (unpaired) electrons. The van der Waals surface area contributed by atoms with Crippen molar-refractivity contribution in [1.29, 1.82) is 0 Å². The molecule has 1 unspecified atom stereocenters. The van der Waals surface area contributed by atoms with Gasteiger partial charge < -0.3 is 10.2 Å². The van der Waals surface area contributed by atoms with E-state index in [2.05, 4.69) is 17.4 Å². The topological polar surface area (TPSA) is 69.6 Å². The summed E-state index contributed by atoms with van der Waals surface area (Å²) in [5.41, 5.74) is 3.29. The zero-order valence-electron chi connectivity index (χ0n) is 13.4. The second kappa shape index (κ2) is 8.02. The van der Waals surface area contributed by atoms with Gasteiger partial charge in [0, 0.05) is 6.04 Å². The van der Waals surface area contributed by atoms with E-state index in [-0.39, 0.29) is 6.04 Å². The number of aliphatic hydroxyl groups excluding tert-OH is 2. The zero-order chi connectivity index (χ0) is 16.8. The molecule has 3 atom stereocenters. The van der Waals surface area contributed by atoms with Crippen LogP contribution in [-0.4, -0.2) is 34.7 Å². The van der Waals surface area contributed by atoms with Gasteiger partial charge in [-0.25, -0.2) is 0 Å². The van der Waals surface area contributed by atoms with Gasteiger partial charge in [0.15, 0.2) is 5.78 Å². The third-order valence-electron chi connectivity index (χ3n) is 3.93. The summed E-state index contributed by atoms with van der Waals surface area (Å²) in [4.78, 5) is 11.7. The molecule has 4 nitrogen and oxygen atoms in total. The second-order valence-electron chi connectivity index (χ2n) is 5.72. The fourth-order valence-corrected chi connectivity index (χ4v) is 2.56. The Kier molecular flexibility index (Phi) is 6.04. The molecule has 0 bridgehead atoms. The molecule has 2 aromatic rings. The molecule has 23 heavy (non-hydrogen) atoms. The highest BCUT2D eigenvalue weighted by Crippen LogP contribution is 2.22. The monoisotopic (exact) mass is 313 g/mol. The average Bonchev–Trinajstić information content (AvgIpc) is 2.59. The largest absolute Gasteiger partial charge is 0.391 e. The first-order chi connectivity index (χ1) is 11.0. The molecular weight excluding hydrogens is 290 g/mol. The number of hydrogen-bond acceptors (Lipinski definition) is 4. The molecule has 0 aliphatic heterocycles. The first-order valence-electron chi connectivity index (χ1n) is 7.76. The maximum atomic E-state index is 11.7. The normalized spacial score (nSPS) is 15.0. The summed E-state index contributed by atoms with van der Waals surface area (Å²) < 4.78 is 0. The van der Waals surface area contributed by atoms with Crippen LogP contribution in [0.5, 0.6) is 0 Å². The Balaban J connectivity index is 2.11. The van der Waals surface area contributed by atoms with Crippen LogP contribution < -0.4 is 5.32 Å². The fraction of sp³-hybridized carbons (Fsp3) is 0.316. The quantitative estimate of drug-likeness (QED) is 0.734. The van der Waals surface area contributed by atoms with Crippen molar-refractivity contribution in [3.05, 3.63) is 60.2 Å². The van der Waals surface area contributed by atoms with E-state index in [1.807, 2.05) is 49.4 Å². The first kappa shape index (κ1) is 17.3. The molecule has 0 amide bonds. The van der Waals surface area contributed by atoms with Gasteiger partial charge in [-0.1, -0.05) is 54.6 Å². The van der Waals surface area contributed by atoms with Crippen LogP contribution in [-0.2, 0) is 4.79 Å². The molecule has 3 N–H and O–H groups in total. The van der Waals surface area contributed by atoms with E-state index in [0.717, 1.165) is 16.7 Å². The Labute approximate surface area is 136 Å². The lowest BCUT2D eigenvalue weighted by molar-refractivity contribution is -0.126. The molecule has 0 aliphatic carbocycles. The Morgan fingerprint density at radius 3 is 2.09 bits per heavy atom. The van der Waals surface area contributed by atoms with Gasteiger partial charge in [0.2, 0.25) is 0 Å².